The van der Waals surface area contributed by atoms with E-state index in [1.807, 2.05) is 60.7 Å². The minimum Gasteiger partial charge on any atom is -0.239 e. The average Bonchev–Trinajstić information content (AvgIpc) is 2.99. The number of benzene rings is 2. The van der Waals surface area contributed by atoms with Crippen molar-refractivity contribution < 1.29 is 8.42 Å². The second-order valence-electron chi connectivity index (χ2n) is 5.61. The van der Waals surface area contributed by atoms with Gasteiger partial charge in [0.2, 0.25) is 10.0 Å². The first kappa shape index (κ1) is 16.4. The van der Waals surface area contributed by atoms with Gasteiger partial charge in [-0.3, -0.25) is 0 Å². The molecular formula is C18H19N3O2S. The standard InChI is InChI=1S/C18H19N3O2S/c1-15-18(14-21(19-15)17-11-7-4-8-12-17)24(22,23)20(2)13-16-9-5-3-6-10-16/h3-12,14H,13H2,1-2H3. The summed E-state index contributed by atoms with van der Waals surface area (Å²) in [5, 5.41) is 4.35. The summed E-state index contributed by atoms with van der Waals surface area (Å²) in [6.45, 7) is 2.03. The Hall–Kier alpha value is -2.44. The molecule has 0 aliphatic carbocycles. The van der Waals surface area contributed by atoms with Crippen LogP contribution in [0.1, 0.15) is 11.3 Å². The van der Waals surface area contributed by atoms with Gasteiger partial charge in [0.1, 0.15) is 4.90 Å². The Balaban J connectivity index is 1.91. The van der Waals surface area contributed by atoms with Crippen LogP contribution in [-0.4, -0.2) is 29.6 Å². The maximum atomic E-state index is 12.9. The van der Waals surface area contributed by atoms with Crippen molar-refractivity contribution in [3.8, 4) is 5.69 Å². The molecular weight excluding hydrogens is 322 g/mol. The van der Waals surface area contributed by atoms with E-state index in [0.29, 0.717) is 12.2 Å². The molecule has 0 fully saturated rings. The first-order chi connectivity index (χ1) is 11.5. The van der Waals surface area contributed by atoms with Gasteiger partial charge in [-0.25, -0.2) is 13.1 Å². The number of aromatic nitrogens is 2. The predicted molar refractivity (Wildman–Crippen MR) is 93.4 cm³/mol. The molecule has 1 aromatic heterocycles. The highest BCUT2D eigenvalue weighted by atomic mass is 32.2. The molecule has 0 bridgehead atoms. The number of nitrogens with zero attached hydrogens (tertiary/aromatic N) is 3. The van der Waals surface area contributed by atoms with E-state index in [9.17, 15) is 8.42 Å². The number of aryl methyl sites for hydroxylation is 1. The lowest BCUT2D eigenvalue weighted by Crippen LogP contribution is -2.26. The SMILES string of the molecule is Cc1nn(-c2ccccc2)cc1S(=O)(=O)N(C)Cc1ccccc1. The molecule has 0 N–H and O–H groups in total. The summed E-state index contributed by atoms with van der Waals surface area (Å²) in [4.78, 5) is 0.227. The quantitative estimate of drug-likeness (QED) is 0.717. The summed E-state index contributed by atoms with van der Waals surface area (Å²) in [5.41, 5.74) is 2.25. The highest BCUT2D eigenvalue weighted by molar-refractivity contribution is 7.89. The third kappa shape index (κ3) is 3.25. The first-order valence-electron chi connectivity index (χ1n) is 7.60. The molecule has 0 spiro atoms. The molecule has 24 heavy (non-hydrogen) atoms. The highest BCUT2D eigenvalue weighted by Gasteiger charge is 2.25. The third-order valence-corrected chi connectivity index (χ3v) is 5.72. The van der Waals surface area contributed by atoms with Crippen molar-refractivity contribution >= 4 is 10.0 Å². The largest absolute Gasteiger partial charge is 0.246 e. The molecule has 0 atom stereocenters. The molecule has 5 nitrogen and oxygen atoms in total. The predicted octanol–water partition coefficient (Wildman–Crippen LogP) is 3.00. The summed E-state index contributed by atoms with van der Waals surface area (Å²) in [5.74, 6) is 0. The monoisotopic (exact) mass is 341 g/mol. The maximum Gasteiger partial charge on any atom is 0.246 e. The molecule has 2 aromatic carbocycles. The van der Waals surface area contributed by atoms with Crippen LogP contribution in [-0.2, 0) is 16.6 Å². The second kappa shape index (κ2) is 6.59. The van der Waals surface area contributed by atoms with Gasteiger partial charge in [-0.2, -0.15) is 9.40 Å². The molecule has 0 aliphatic rings. The van der Waals surface area contributed by atoms with Crippen molar-refractivity contribution in [1.29, 1.82) is 0 Å². The zero-order valence-electron chi connectivity index (χ0n) is 13.6. The van der Waals surface area contributed by atoms with E-state index < -0.39 is 10.0 Å². The Morgan fingerprint density at radius 3 is 2.21 bits per heavy atom. The molecule has 0 saturated carbocycles. The van der Waals surface area contributed by atoms with E-state index in [1.165, 1.54) is 4.31 Å². The average molecular weight is 341 g/mol. The summed E-state index contributed by atoms with van der Waals surface area (Å²) in [6, 6.07) is 19.0. The van der Waals surface area contributed by atoms with Gasteiger partial charge < -0.3 is 0 Å². The maximum absolute atomic E-state index is 12.9. The van der Waals surface area contributed by atoms with Crippen molar-refractivity contribution in [2.75, 3.05) is 7.05 Å². The molecule has 0 amide bonds. The fraction of sp³-hybridized carbons (Fsp3) is 0.167. The normalized spacial score (nSPS) is 11.8. The van der Waals surface area contributed by atoms with E-state index in [0.717, 1.165) is 11.3 Å². The van der Waals surface area contributed by atoms with Gasteiger partial charge >= 0.3 is 0 Å². The molecule has 0 unspecified atom stereocenters. The molecule has 3 rings (SSSR count). The fourth-order valence-electron chi connectivity index (χ4n) is 2.50. The van der Waals surface area contributed by atoms with Gasteiger partial charge in [0, 0.05) is 13.6 Å². The number of hydrogen-bond donors (Lipinski definition) is 0. The van der Waals surface area contributed by atoms with Crippen LogP contribution in [0, 0.1) is 6.92 Å². The van der Waals surface area contributed by atoms with Gasteiger partial charge in [0.05, 0.1) is 17.6 Å². The van der Waals surface area contributed by atoms with E-state index in [1.54, 1.807) is 24.9 Å². The van der Waals surface area contributed by atoms with Crippen LogP contribution in [0.15, 0.2) is 71.8 Å². The highest BCUT2D eigenvalue weighted by Crippen LogP contribution is 2.21. The van der Waals surface area contributed by atoms with Crippen LogP contribution in [0.5, 0.6) is 0 Å². The first-order valence-corrected chi connectivity index (χ1v) is 9.04. The Morgan fingerprint density at radius 2 is 1.58 bits per heavy atom. The lowest BCUT2D eigenvalue weighted by molar-refractivity contribution is 0.466. The van der Waals surface area contributed by atoms with Gasteiger partial charge in [-0.1, -0.05) is 48.5 Å². The number of rotatable bonds is 5. The molecule has 3 aromatic rings. The number of para-hydroxylation sites is 1. The van der Waals surface area contributed by atoms with Crippen LogP contribution < -0.4 is 0 Å². The molecule has 0 saturated heterocycles. The minimum atomic E-state index is -3.61. The topological polar surface area (TPSA) is 55.2 Å². The van der Waals surface area contributed by atoms with Crippen molar-refractivity contribution in [2.45, 2.75) is 18.4 Å². The van der Waals surface area contributed by atoms with E-state index in [2.05, 4.69) is 5.10 Å². The summed E-state index contributed by atoms with van der Waals surface area (Å²) in [6.07, 6.45) is 1.57. The Kier molecular flexibility index (Phi) is 4.51. The van der Waals surface area contributed by atoms with Gasteiger partial charge in [-0.05, 0) is 24.6 Å². The van der Waals surface area contributed by atoms with Crippen LogP contribution in [0.25, 0.3) is 5.69 Å². The van der Waals surface area contributed by atoms with Crippen molar-refractivity contribution in [2.24, 2.45) is 0 Å². The van der Waals surface area contributed by atoms with Crippen LogP contribution in [0.4, 0.5) is 0 Å². The molecule has 6 heteroatoms. The molecule has 124 valence electrons. The molecule has 1 heterocycles. The second-order valence-corrected chi connectivity index (χ2v) is 7.62. The van der Waals surface area contributed by atoms with Crippen molar-refractivity contribution in [3.05, 3.63) is 78.1 Å². The van der Waals surface area contributed by atoms with Crippen LogP contribution in [0.2, 0.25) is 0 Å². The fourth-order valence-corrected chi connectivity index (χ4v) is 3.81. The number of hydrogen-bond acceptors (Lipinski definition) is 3. The van der Waals surface area contributed by atoms with E-state index >= 15 is 0 Å². The Bertz CT molecular complexity index is 919. The smallest absolute Gasteiger partial charge is 0.239 e. The van der Waals surface area contributed by atoms with Crippen molar-refractivity contribution in [1.82, 2.24) is 14.1 Å². The van der Waals surface area contributed by atoms with Gasteiger partial charge in [0.25, 0.3) is 0 Å². The Morgan fingerprint density at radius 1 is 1.00 bits per heavy atom. The minimum absolute atomic E-state index is 0.227. The molecule has 0 aliphatic heterocycles. The lowest BCUT2D eigenvalue weighted by atomic mass is 10.2. The van der Waals surface area contributed by atoms with E-state index in [-0.39, 0.29) is 4.90 Å². The van der Waals surface area contributed by atoms with E-state index in [4.69, 9.17) is 0 Å². The zero-order chi connectivity index (χ0) is 17.2. The lowest BCUT2D eigenvalue weighted by Gasteiger charge is -2.16. The summed E-state index contributed by atoms with van der Waals surface area (Å²) >= 11 is 0. The van der Waals surface area contributed by atoms with Crippen molar-refractivity contribution in [3.63, 3.8) is 0 Å². The van der Waals surface area contributed by atoms with Gasteiger partial charge in [-0.15, -0.1) is 0 Å². The Labute approximate surface area is 142 Å². The van der Waals surface area contributed by atoms with Gasteiger partial charge in [0.15, 0.2) is 0 Å². The van der Waals surface area contributed by atoms with Crippen LogP contribution in [0.3, 0.4) is 0 Å². The van der Waals surface area contributed by atoms with Crippen LogP contribution >= 0.6 is 0 Å². The summed E-state index contributed by atoms with van der Waals surface area (Å²) < 4.78 is 28.7. The summed E-state index contributed by atoms with van der Waals surface area (Å²) in [7, 11) is -2.02. The zero-order valence-corrected chi connectivity index (χ0v) is 14.4. The molecule has 0 radical (unpaired) electrons. The third-order valence-electron chi connectivity index (χ3n) is 3.81. The number of sulfonamides is 1.